The van der Waals surface area contributed by atoms with Gasteiger partial charge in [0.15, 0.2) is 16.4 Å². The standard InChI is InChI=1S/C18H18BrNO4S/c19-16-8-4-5-9-17(16)24-12-18(21)20(14-6-2-1-3-7-14)15-10-11-25(22,23)13-15/h1-9,15H,10-13H2. The number of carbonyl (C=O) groups excluding carboxylic acids is 1. The Morgan fingerprint density at radius 1 is 1.12 bits per heavy atom. The molecule has 1 heterocycles. The van der Waals surface area contributed by atoms with Gasteiger partial charge >= 0.3 is 0 Å². The van der Waals surface area contributed by atoms with Crippen LogP contribution in [0.4, 0.5) is 5.69 Å². The van der Waals surface area contributed by atoms with E-state index in [0.717, 1.165) is 4.47 Å². The van der Waals surface area contributed by atoms with Crippen LogP contribution in [-0.4, -0.2) is 38.5 Å². The van der Waals surface area contributed by atoms with Crippen molar-refractivity contribution < 1.29 is 17.9 Å². The molecule has 0 saturated carbocycles. The molecule has 1 unspecified atom stereocenters. The number of benzene rings is 2. The van der Waals surface area contributed by atoms with Crippen LogP contribution in [0.25, 0.3) is 0 Å². The third-order valence-electron chi connectivity index (χ3n) is 4.06. The second kappa shape index (κ2) is 7.58. The number of nitrogens with zero attached hydrogens (tertiary/aromatic N) is 1. The molecular weight excluding hydrogens is 406 g/mol. The fraction of sp³-hybridized carbons (Fsp3) is 0.278. The van der Waals surface area contributed by atoms with Crippen molar-refractivity contribution in [2.24, 2.45) is 0 Å². The van der Waals surface area contributed by atoms with E-state index in [2.05, 4.69) is 15.9 Å². The molecule has 25 heavy (non-hydrogen) atoms. The van der Waals surface area contributed by atoms with Crippen molar-refractivity contribution in [3.05, 3.63) is 59.1 Å². The van der Waals surface area contributed by atoms with Gasteiger partial charge < -0.3 is 9.64 Å². The van der Waals surface area contributed by atoms with Crippen molar-refractivity contribution >= 4 is 37.4 Å². The van der Waals surface area contributed by atoms with Crippen LogP contribution in [0.5, 0.6) is 5.75 Å². The first-order valence-electron chi connectivity index (χ1n) is 7.91. The SMILES string of the molecule is O=C(COc1ccccc1Br)N(c1ccccc1)C1CCS(=O)(=O)C1. The largest absolute Gasteiger partial charge is 0.483 e. The molecule has 7 heteroatoms. The number of amides is 1. The number of rotatable bonds is 5. The monoisotopic (exact) mass is 423 g/mol. The van der Waals surface area contributed by atoms with Gasteiger partial charge in [0.1, 0.15) is 5.75 Å². The molecule has 0 bridgehead atoms. The lowest BCUT2D eigenvalue weighted by molar-refractivity contribution is -0.121. The van der Waals surface area contributed by atoms with Crippen LogP contribution in [-0.2, 0) is 14.6 Å². The molecule has 0 spiro atoms. The number of hydrogen-bond donors (Lipinski definition) is 0. The minimum Gasteiger partial charge on any atom is -0.483 e. The predicted molar refractivity (Wildman–Crippen MR) is 101 cm³/mol. The van der Waals surface area contributed by atoms with Crippen molar-refractivity contribution in [1.29, 1.82) is 0 Å². The Kier molecular flexibility index (Phi) is 5.44. The minimum atomic E-state index is -3.10. The van der Waals surface area contributed by atoms with E-state index in [-0.39, 0.29) is 30.1 Å². The lowest BCUT2D eigenvalue weighted by Crippen LogP contribution is -2.43. The molecule has 1 amide bonds. The summed E-state index contributed by atoms with van der Waals surface area (Å²) in [7, 11) is -3.10. The van der Waals surface area contributed by atoms with Gasteiger partial charge in [-0.25, -0.2) is 8.42 Å². The Labute approximate surface area is 155 Å². The molecule has 2 aromatic rings. The first kappa shape index (κ1) is 17.9. The van der Waals surface area contributed by atoms with Gasteiger partial charge in [-0.2, -0.15) is 0 Å². The lowest BCUT2D eigenvalue weighted by atomic mass is 10.2. The Hall–Kier alpha value is -1.86. The average molecular weight is 424 g/mol. The van der Waals surface area contributed by atoms with Crippen molar-refractivity contribution in [2.75, 3.05) is 23.0 Å². The summed E-state index contributed by atoms with van der Waals surface area (Å²) in [6.45, 7) is -0.159. The molecule has 0 aromatic heterocycles. The second-order valence-corrected chi connectivity index (χ2v) is 8.96. The van der Waals surface area contributed by atoms with E-state index in [1.807, 2.05) is 36.4 Å². The maximum absolute atomic E-state index is 12.8. The second-order valence-electron chi connectivity index (χ2n) is 5.88. The van der Waals surface area contributed by atoms with Gasteiger partial charge in [-0.15, -0.1) is 0 Å². The lowest BCUT2D eigenvalue weighted by Gasteiger charge is -2.28. The number of hydrogen-bond acceptors (Lipinski definition) is 4. The third-order valence-corrected chi connectivity index (χ3v) is 6.47. The van der Waals surface area contributed by atoms with Gasteiger partial charge in [-0.05, 0) is 46.6 Å². The number of ether oxygens (including phenoxy) is 1. The Balaban J connectivity index is 1.79. The van der Waals surface area contributed by atoms with Gasteiger partial charge in [-0.1, -0.05) is 30.3 Å². The highest BCUT2D eigenvalue weighted by atomic mass is 79.9. The average Bonchev–Trinajstić information content (AvgIpc) is 2.95. The van der Waals surface area contributed by atoms with Crippen molar-refractivity contribution in [3.8, 4) is 5.75 Å². The van der Waals surface area contributed by atoms with Gasteiger partial charge in [-0.3, -0.25) is 4.79 Å². The molecule has 1 saturated heterocycles. The van der Waals surface area contributed by atoms with Crippen LogP contribution in [0.15, 0.2) is 59.1 Å². The Morgan fingerprint density at radius 3 is 2.44 bits per heavy atom. The van der Waals surface area contributed by atoms with E-state index in [9.17, 15) is 13.2 Å². The molecule has 5 nitrogen and oxygen atoms in total. The van der Waals surface area contributed by atoms with Crippen molar-refractivity contribution in [3.63, 3.8) is 0 Å². The first-order valence-corrected chi connectivity index (χ1v) is 10.5. The summed E-state index contributed by atoms with van der Waals surface area (Å²) in [4.78, 5) is 14.4. The maximum Gasteiger partial charge on any atom is 0.265 e. The van der Waals surface area contributed by atoms with Gasteiger partial charge in [0.2, 0.25) is 0 Å². The van der Waals surface area contributed by atoms with E-state index in [4.69, 9.17) is 4.74 Å². The van der Waals surface area contributed by atoms with Crippen molar-refractivity contribution in [1.82, 2.24) is 0 Å². The molecule has 3 rings (SSSR count). The van der Waals surface area contributed by atoms with Crippen LogP contribution < -0.4 is 9.64 Å². The van der Waals surface area contributed by atoms with E-state index in [1.54, 1.807) is 23.1 Å². The highest BCUT2D eigenvalue weighted by Gasteiger charge is 2.35. The van der Waals surface area contributed by atoms with E-state index < -0.39 is 9.84 Å². The minimum absolute atomic E-state index is 0.0112. The zero-order valence-electron chi connectivity index (χ0n) is 13.5. The normalized spacial score (nSPS) is 18.7. The smallest absolute Gasteiger partial charge is 0.265 e. The van der Waals surface area contributed by atoms with Gasteiger partial charge in [0, 0.05) is 5.69 Å². The highest BCUT2D eigenvalue weighted by Crippen LogP contribution is 2.26. The van der Waals surface area contributed by atoms with Crippen LogP contribution in [0.1, 0.15) is 6.42 Å². The van der Waals surface area contributed by atoms with Crippen LogP contribution in [0, 0.1) is 0 Å². The molecule has 0 N–H and O–H groups in total. The number of sulfone groups is 1. The summed E-state index contributed by atoms with van der Waals surface area (Å²) in [5, 5.41) is 0. The predicted octanol–water partition coefficient (Wildman–Crippen LogP) is 3.05. The van der Waals surface area contributed by atoms with E-state index >= 15 is 0 Å². The molecule has 0 aliphatic carbocycles. The molecule has 2 aromatic carbocycles. The molecule has 0 radical (unpaired) electrons. The number of anilines is 1. The number of carbonyl (C=O) groups is 1. The summed E-state index contributed by atoms with van der Waals surface area (Å²) >= 11 is 3.38. The molecule has 1 fully saturated rings. The molecule has 1 aliphatic heterocycles. The molecule has 1 atom stereocenters. The molecule has 132 valence electrons. The van der Waals surface area contributed by atoms with Gasteiger partial charge in [0.05, 0.1) is 22.0 Å². The zero-order valence-corrected chi connectivity index (χ0v) is 15.9. The van der Waals surface area contributed by atoms with E-state index in [1.165, 1.54) is 0 Å². The fourth-order valence-electron chi connectivity index (χ4n) is 2.90. The summed E-state index contributed by atoms with van der Waals surface area (Å²) in [6, 6.07) is 16.0. The third kappa shape index (κ3) is 4.41. The summed E-state index contributed by atoms with van der Waals surface area (Å²) < 4.78 is 30.1. The topological polar surface area (TPSA) is 63.7 Å². The first-order chi connectivity index (χ1) is 12.0. The van der Waals surface area contributed by atoms with Crippen LogP contribution >= 0.6 is 15.9 Å². The van der Waals surface area contributed by atoms with Crippen LogP contribution in [0.2, 0.25) is 0 Å². The molecular formula is C18H18BrNO4S. The fourth-order valence-corrected chi connectivity index (χ4v) is 5.00. The Bertz CT molecular complexity index is 854. The molecule has 1 aliphatic rings. The van der Waals surface area contributed by atoms with Crippen molar-refractivity contribution in [2.45, 2.75) is 12.5 Å². The summed E-state index contributed by atoms with van der Waals surface area (Å²) in [6.07, 6.45) is 0.442. The quantitative estimate of drug-likeness (QED) is 0.740. The van der Waals surface area contributed by atoms with Gasteiger partial charge in [0.25, 0.3) is 5.91 Å². The van der Waals surface area contributed by atoms with E-state index in [0.29, 0.717) is 17.9 Å². The Morgan fingerprint density at radius 2 is 1.80 bits per heavy atom. The summed E-state index contributed by atoms with van der Waals surface area (Å²) in [5.41, 5.74) is 0.685. The highest BCUT2D eigenvalue weighted by molar-refractivity contribution is 9.10. The van der Waals surface area contributed by atoms with Crippen LogP contribution in [0.3, 0.4) is 0 Å². The number of halogens is 1. The zero-order chi connectivity index (χ0) is 17.9. The summed E-state index contributed by atoms with van der Waals surface area (Å²) in [5.74, 6) is 0.411. The number of para-hydroxylation sites is 2. The maximum atomic E-state index is 12.8.